The largest absolute Gasteiger partial charge is 0.294 e. The Bertz CT molecular complexity index is 608. The van der Waals surface area contributed by atoms with E-state index in [4.69, 9.17) is 0 Å². The molecule has 0 radical (unpaired) electrons. The third kappa shape index (κ3) is 2.67. The Kier molecular flexibility index (Phi) is 3.21. The average Bonchev–Trinajstić information content (AvgIpc) is 3.09. The predicted molar refractivity (Wildman–Crippen MR) is 81.9 cm³/mol. The van der Waals surface area contributed by atoms with E-state index in [1.807, 2.05) is 18.2 Å². The first-order valence-electron chi connectivity index (χ1n) is 7.23. The molecular weight excluding hydrogens is 244 g/mol. The summed E-state index contributed by atoms with van der Waals surface area (Å²) in [5.74, 6) is 0.531. The molecule has 0 heterocycles. The van der Waals surface area contributed by atoms with Crippen molar-refractivity contribution in [3.63, 3.8) is 0 Å². The van der Waals surface area contributed by atoms with Crippen molar-refractivity contribution in [1.29, 1.82) is 0 Å². The highest BCUT2D eigenvalue weighted by Gasteiger charge is 2.50. The van der Waals surface area contributed by atoms with Crippen LogP contribution in [0.4, 0.5) is 0 Å². The first-order valence-corrected chi connectivity index (χ1v) is 7.23. The van der Waals surface area contributed by atoms with Gasteiger partial charge < -0.3 is 0 Å². The van der Waals surface area contributed by atoms with Crippen LogP contribution in [0.1, 0.15) is 41.8 Å². The van der Waals surface area contributed by atoms with Gasteiger partial charge in [0.15, 0.2) is 5.78 Å². The second-order valence-electron chi connectivity index (χ2n) is 6.47. The molecule has 102 valence electrons. The van der Waals surface area contributed by atoms with Gasteiger partial charge >= 0.3 is 0 Å². The minimum absolute atomic E-state index is 0.208. The summed E-state index contributed by atoms with van der Waals surface area (Å²) in [5, 5.41) is 0. The van der Waals surface area contributed by atoms with Crippen molar-refractivity contribution in [3.05, 3.63) is 71.3 Å². The SMILES string of the molecule is CC1(C)CC1C(=O)c1ccc(Cc2ccccc2)cc1. The molecule has 1 atom stereocenters. The Labute approximate surface area is 120 Å². The van der Waals surface area contributed by atoms with E-state index in [0.717, 1.165) is 18.4 Å². The minimum Gasteiger partial charge on any atom is -0.294 e. The lowest BCUT2D eigenvalue weighted by Gasteiger charge is -2.05. The maximum Gasteiger partial charge on any atom is 0.166 e. The van der Waals surface area contributed by atoms with E-state index in [9.17, 15) is 4.79 Å². The summed E-state index contributed by atoms with van der Waals surface area (Å²) in [5.41, 5.74) is 3.62. The van der Waals surface area contributed by atoms with Gasteiger partial charge in [0.1, 0.15) is 0 Å². The molecule has 2 aromatic rings. The lowest BCUT2D eigenvalue weighted by molar-refractivity contribution is 0.0953. The number of hydrogen-bond donors (Lipinski definition) is 0. The van der Waals surface area contributed by atoms with Crippen molar-refractivity contribution in [2.75, 3.05) is 0 Å². The van der Waals surface area contributed by atoms with Crippen molar-refractivity contribution in [2.45, 2.75) is 26.7 Å². The van der Waals surface area contributed by atoms with Crippen LogP contribution in [0.15, 0.2) is 54.6 Å². The van der Waals surface area contributed by atoms with Gasteiger partial charge in [-0.25, -0.2) is 0 Å². The van der Waals surface area contributed by atoms with Crippen LogP contribution in [-0.2, 0) is 6.42 Å². The van der Waals surface area contributed by atoms with Crippen LogP contribution in [-0.4, -0.2) is 5.78 Å². The maximum atomic E-state index is 12.3. The third-order valence-corrected chi connectivity index (χ3v) is 4.32. The summed E-state index contributed by atoms with van der Waals surface area (Å²) in [6.07, 6.45) is 1.95. The Morgan fingerprint density at radius 1 is 1.00 bits per heavy atom. The Hall–Kier alpha value is -1.89. The number of Topliss-reactive ketones (excluding diaryl/α,β-unsaturated/α-hetero) is 1. The first-order chi connectivity index (χ1) is 9.56. The number of hydrogen-bond acceptors (Lipinski definition) is 1. The molecule has 1 nitrogen and oxygen atoms in total. The fraction of sp³-hybridized carbons (Fsp3) is 0.316. The molecule has 0 saturated heterocycles. The Morgan fingerprint density at radius 3 is 2.10 bits per heavy atom. The van der Waals surface area contributed by atoms with E-state index in [2.05, 4.69) is 50.2 Å². The maximum absolute atomic E-state index is 12.3. The lowest BCUT2D eigenvalue weighted by Crippen LogP contribution is -2.06. The van der Waals surface area contributed by atoms with Gasteiger partial charge in [0.25, 0.3) is 0 Å². The first kappa shape index (κ1) is 13.1. The fourth-order valence-corrected chi connectivity index (χ4v) is 2.73. The smallest absolute Gasteiger partial charge is 0.166 e. The zero-order valence-electron chi connectivity index (χ0n) is 12.1. The summed E-state index contributed by atoms with van der Waals surface area (Å²) in [6, 6.07) is 18.5. The molecule has 3 rings (SSSR count). The standard InChI is InChI=1S/C19H20O/c1-19(2)13-17(19)18(20)16-10-8-15(9-11-16)12-14-6-4-3-5-7-14/h3-11,17H,12-13H2,1-2H3. The number of benzene rings is 2. The predicted octanol–water partition coefficient (Wildman–Crippen LogP) is 4.51. The van der Waals surface area contributed by atoms with E-state index in [0.29, 0.717) is 5.78 Å². The summed E-state index contributed by atoms with van der Waals surface area (Å²) in [7, 11) is 0. The zero-order chi connectivity index (χ0) is 14.2. The van der Waals surface area contributed by atoms with Crippen molar-refractivity contribution >= 4 is 5.78 Å². The van der Waals surface area contributed by atoms with Crippen LogP contribution in [0.2, 0.25) is 0 Å². The van der Waals surface area contributed by atoms with E-state index in [1.54, 1.807) is 0 Å². The topological polar surface area (TPSA) is 17.1 Å². The van der Waals surface area contributed by atoms with Gasteiger partial charge in [0.05, 0.1) is 0 Å². The van der Waals surface area contributed by atoms with E-state index < -0.39 is 0 Å². The highest BCUT2D eigenvalue weighted by Crippen LogP contribution is 2.53. The van der Waals surface area contributed by atoms with E-state index in [1.165, 1.54) is 11.1 Å². The number of carbonyl (C=O) groups is 1. The molecule has 0 amide bonds. The van der Waals surface area contributed by atoms with Crippen LogP contribution in [0, 0.1) is 11.3 Å². The van der Waals surface area contributed by atoms with Crippen molar-refractivity contribution < 1.29 is 4.79 Å². The zero-order valence-corrected chi connectivity index (χ0v) is 12.1. The van der Waals surface area contributed by atoms with Crippen molar-refractivity contribution in [3.8, 4) is 0 Å². The molecule has 1 fully saturated rings. The van der Waals surface area contributed by atoms with E-state index >= 15 is 0 Å². The molecule has 0 bridgehead atoms. The molecule has 1 aliphatic rings. The van der Waals surface area contributed by atoms with Gasteiger partial charge in [-0.15, -0.1) is 0 Å². The fourth-order valence-electron chi connectivity index (χ4n) is 2.73. The summed E-state index contributed by atoms with van der Waals surface area (Å²) in [4.78, 5) is 12.3. The molecule has 0 aromatic heterocycles. The molecular formula is C19H20O. The molecule has 0 aliphatic heterocycles. The molecule has 1 heteroatoms. The van der Waals surface area contributed by atoms with Gasteiger partial charge in [-0.1, -0.05) is 68.4 Å². The van der Waals surface area contributed by atoms with E-state index in [-0.39, 0.29) is 11.3 Å². The van der Waals surface area contributed by atoms with Gasteiger partial charge in [-0.3, -0.25) is 4.79 Å². The van der Waals surface area contributed by atoms with Crippen molar-refractivity contribution in [2.24, 2.45) is 11.3 Å². The molecule has 0 spiro atoms. The summed E-state index contributed by atoms with van der Waals surface area (Å²) in [6.45, 7) is 4.33. The van der Waals surface area contributed by atoms with Gasteiger partial charge in [0, 0.05) is 11.5 Å². The van der Waals surface area contributed by atoms with Gasteiger partial charge in [-0.2, -0.15) is 0 Å². The minimum atomic E-state index is 0.208. The van der Waals surface area contributed by atoms with Gasteiger partial charge in [-0.05, 0) is 29.4 Å². The van der Waals surface area contributed by atoms with Crippen LogP contribution in [0.5, 0.6) is 0 Å². The van der Waals surface area contributed by atoms with Crippen LogP contribution in [0.3, 0.4) is 0 Å². The Balaban J connectivity index is 1.70. The van der Waals surface area contributed by atoms with Crippen molar-refractivity contribution in [1.82, 2.24) is 0 Å². The average molecular weight is 264 g/mol. The lowest BCUT2D eigenvalue weighted by atomic mass is 9.98. The molecule has 1 aliphatic carbocycles. The second-order valence-corrected chi connectivity index (χ2v) is 6.47. The summed E-state index contributed by atoms with van der Waals surface area (Å²) >= 11 is 0. The van der Waals surface area contributed by atoms with Crippen LogP contribution < -0.4 is 0 Å². The normalized spacial score (nSPS) is 19.6. The second kappa shape index (κ2) is 4.90. The highest BCUT2D eigenvalue weighted by molar-refractivity contribution is 6.00. The van der Waals surface area contributed by atoms with Crippen LogP contribution >= 0.6 is 0 Å². The van der Waals surface area contributed by atoms with Crippen LogP contribution in [0.25, 0.3) is 0 Å². The highest BCUT2D eigenvalue weighted by atomic mass is 16.1. The molecule has 1 saturated carbocycles. The Morgan fingerprint density at radius 2 is 1.55 bits per heavy atom. The molecule has 2 aromatic carbocycles. The number of rotatable bonds is 4. The van der Waals surface area contributed by atoms with Gasteiger partial charge in [0.2, 0.25) is 0 Å². The summed E-state index contributed by atoms with van der Waals surface area (Å²) < 4.78 is 0. The molecule has 0 N–H and O–H groups in total. The quantitative estimate of drug-likeness (QED) is 0.743. The third-order valence-electron chi connectivity index (χ3n) is 4.32. The number of carbonyl (C=O) groups excluding carboxylic acids is 1. The monoisotopic (exact) mass is 264 g/mol. The number of ketones is 1. The molecule has 1 unspecified atom stereocenters. The molecule has 20 heavy (non-hydrogen) atoms.